The van der Waals surface area contributed by atoms with Crippen LogP contribution in [0.15, 0.2) is 16.6 Å². The van der Waals surface area contributed by atoms with Crippen LogP contribution in [0.5, 0.6) is 5.75 Å². The van der Waals surface area contributed by atoms with Crippen LogP contribution in [0.3, 0.4) is 0 Å². The normalized spacial score (nSPS) is 10.4. The smallest absolute Gasteiger partial charge is 0.145 e. The number of ether oxygens (including phenoxy) is 1. The van der Waals surface area contributed by atoms with E-state index in [-0.39, 0.29) is 10.8 Å². The van der Waals surface area contributed by atoms with E-state index in [0.717, 1.165) is 12.8 Å². The summed E-state index contributed by atoms with van der Waals surface area (Å²) in [6.07, 6.45) is 2.10. The Morgan fingerprint density at radius 2 is 2.18 bits per heavy atom. The molecule has 0 heterocycles. The van der Waals surface area contributed by atoms with Crippen LogP contribution in [0.1, 0.15) is 26.2 Å². The Kier molecular flexibility index (Phi) is 5.92. The monoisotopic (exact) mass is 322 g/mol. The van der Waals surface area contributed by atoms with Crippen LogP contribution in [0.25, 0.3) is 0 Å². The van der Waals surface area contributed by atoms with Crippen molar-refractivity contribution in [3.8, 4) is 5.75 Å². The number of unbranched alkanes of at least 4 members (excludes halogenated alkanes) is 1. The lowest BCUT2D eigenvalue weighted by molar-refractivity contribution is -0.117. The van der Waals surface area contributed by atoms with Gasteiger partial charge < -0.3 is 9.53 Å². The molecule has 0 radical (unpaired) electrons. The zero-order valence-corrected chi connectivity index (χ0v) is 11.8. The second kappa shape index (κ2) is 6.97. The van der Waals surface area contributed by atoms with Crippen molar-refractivity contribution >= 4 is 33.3 Å². The summed E-state index contributed by atoms with van der Waals surface area (Å²) in [5.74, 6) is 0.0899. The molecule has 2 nitrogen and oxygen atoms in total. The van der Waals surface area contributed by atoms with Gasteiger partial charge in [0.05, 0.1) is 16.1 Å². The van der Waals surface area contributed by atoms with Crippen molar-refractivity contribution in [3.63, 3.8) is 0 Å². The average Bonchev–Trinajstić information content (AvgIpc) is 2.24. The Morgan fingerprint density at radius 1 is 1.47 bits per heavy atom. The number of carbonyl (C=O) groups is 1. The molecule has 0 aliphatic heterocycles. The first kappa shape index (κ1) is 14.5. The molecule has 0 unspecified atom stereocenters. The summed E-state index contributed by atoms with van der Waals surface area (Å²) >= 11 is 8.85. The van der Waals surface area contributed by atoms with Crippen LogP contribution in [-0.4, -0.2) is 12.4 Å². The van der Waals surface area contributed by atoms with E-state index in [1.165, 1.54) is 12.1 Å². The molecule has 0 aromatic heterocycles. The van der Waals surface area contributed by atoms with Crippen molar-refractivity contribution in [3.05, 3.63) is 27.4 Å². The lowest BCUT2D eigenvalue weighted by atomic mass is 10.2. The fourth-order valence-electron chi connectivity index (χ4n) is 1.27. The molecule has 0 aliphatic carbocycles. The highest BCUT2D eigenvalue weighted by Crippen LogP contribution is 2.30. The molecular weight excluding hydrogens is 310 g/mol. The van der Waals surface area contributed by atoms with E-state index in [1.807, 2.05) is 0 Å². The molecule has 0 fully saturated rings. The number of hydrogen-bond donors (Lipinski definition) is 0. The summed E-state index contributed by atoms with van der Waals surface area (Å²) in [6, 6.07) is 2.71. The van der Waals surface area contributed by atoms with Crippen molar-refractivity contribution in [2.75, 3.05) is 6.61 Å². The summed E-state index contributed by atoms with van der Waals surface area (Å²) < 4.78 is 19.2. The van der Waals surface area contributed by atoms with E-state index in [0.29, 0.717) is 23.2 Å². The Labute approximate surface area is 113 Å². The first-order valence-corrected chi connectivity index (χ1v) is 6.44. The quantitative estimate of drug-likeness (QED) is 0.573. The van der Waals surface area contributed by atoms with Gasteiger partial charge in [-0.15, -0.1) is 0 Å². The van der Waals surface area contributed by atoms with Crippen molar-refractivity contribution in [1.29, 1.82) is 0 Å². The number of rotatable bonds is 6. The van der Waals surface area contributed by atoms with Gasteiger partial charge in [0.15, 0.2) is 0 Å². The molecule has 5 heteroatoms. The summed E-state index contributed by atoms with van der Waals surface area (Å²) in [7, 11) is 0. The predicted octanol–water partition coefficient (Wildman–Crippen LogP) is 4.38. The van der Waals surface area contributed by atoms with E-state index < -0.39 is 5.82 Å². The maximum Gasteiger partial charge on any atom is 0.145 e. The van der Waals surface area contributed by atoms with Crippen LogP contribution in [0, 0.1) is 5.82 Å². The van der Waals surface area contributed by atoms with Gasteiger partial charge in [-0.3, -0.25) is 0 Å². The molecule has 0 N–H and O–H groups in total. The van der Waals surface area contributed by atoms with Crippen LogP contribution in [0.4, 0.5) is 4.39 Å². The molecule has 0 saturated heterocycles. The highest BCUT2D eigenvalue weighted by molar-refractivity contribution is 9.10. The summed E-state index contributed by atoms with van der Waals surface area (Å²) in [5, 5.41) is 0.0563. The number of benzene rings is 1. The van der Waals surface area contributed by atoms with Gasteiger partial charge >= 0.3 is 0 Å². The number of halogens is 3. The number of ketones is 1. The molecule has 0 aliphatic rings. The maximum atomic E-state index is 13.2. The second-order valence-corrected chi connectivity index (χ2v) is 4.97. The van der Waals surface area contributed by atoms with Crippen LogP contribution < -0.4 is 4.74 Å². The van der Waals surface area contributed by atoms with E-state index in [2.05, 4.69) is 15.9 Å². The van der Waals surface area contributed by atoms with Crippen LogP contribution in [0.2, 0.25) is 5.02 Å². The molecule has 0 spiro atoms. The molecule has 94 valence electrons. The lowest BCUT2D eigenvalue weighted by Gasteiger charge is -2.08. The fourth-order valence-corrected chi connectivity index (χ4v) is 2.03. The topological polar surface area (TPSA) is 26.3 Å². The van der Waals surface area contributed by atoms with Crippen molar-refractivity contribution < 1.29 is 13.9 Å². The molecule has 0 bridgehead atoms. The zero-order valence-electron chi connectivity index (χ0n) is 9.43. The van der Waals surface area contributed by atoms with Gasteiger partial charge in [-0.1, -0.05) is 11.6 Å². The Morgan fingerprint density at radius 3 is 2.82 bits per heavy atom. The minimum atomic E-state index is -0.506. The van der Waals surface area contributed by atoms with E-state index in [9.17, 15) is 9.18 Å². The minimum absolute atomic E-state index is 0.0563. The summed E-state index contributed by atoms with van der Waals surface area (Å²) in [6.45, 7) is 2.01. The van der Waals surface area contributed by atoms with E-state index in [1.54, 1.807) is 6.92 Å². The molecule has 0 amide bonds. The molecular formula is C12H13BrClFO2. The average molecular weight is 324 g/mol. The Hall–Kier alpha value is -0.610. The van der Waals surface area contributed by atoms with Crippen LogP contribution >= 0.6 is 27.5 Å². The first-order chi connectivity index (χ1) is 8.00. The van der Waals surface area contributed by atoms with Crippen molar-refractivity contribution in [2.24, 2.45) is 0 Å². The highest BCUT2D eigenvalue weighted by Gasteiger charge is 2.07. The molecule has 0 saturated carbocycles. The van der Waals surface area contributed by atoms with Gasteiger partial charge in [-0.2, -0.15) is 0 Å². The number of hydrogen-bond acceptors (Lipinski definition) is 2. The minimum Gasteiger partial charge on any atom is -0.492 e. The highest BCUT2D eigenvalue weighted by atomic mass is 79.9. The Balaban J connectivity index is 2.41. The van der Waals surface area contributed by atoms with Gasteiger partial charge in [0.25, 0.3) is 0 Å². The van der Waals surface area contributed by atoms with Gasteiger partial charge in [0.2, 0.25) is 0 Å². The molecule has 1 rings (SSSR count). The largest absolute Gasteiger partial charge is 0.492 e. The van der Waals surface area contributed by atoms with Crippen molar-refractivity contribution in [1.82, 2.24) is 0 Å². The lowest BCUT2D eigenvalue weighted by Crippen LogP contribution is -2.00. The zero-order chi connectivity index (χ0) is 12.8. The number of carbonyl (C=O) groups excluding carboxylic acids is 1. The third kappa shape index (κ3) is 5.04. The van der Waals surface area contributed by atoms with Gasteiger partial charge in [0, 0.05) is 12.5 Å². The predicted molar refractivity (Wildman–Crippen MR) is 69.1 cm³/mol. The van der Waals surface area contributed by atoms with E-state index in [4.69, 9.17) is 16.3 Å². The maximum absolute atomic E-state index is 13.2. The standard InChI is InChI=1S/C12H13BrClFO2/c1-8(16)4-2-3-5-17-12-7-11(15)10(14)6-9(12)13/h6-7H,2-5H2,1H3. The first-order valence-electron chi connectivity index (χ1n) is 5.27. The SMILES string of the molecule is CC(=O)CCCCOc1cc(F)c(Cl)cc1Br. The Bertz CT molecular complexity index is 410. The molecule has 0 atom stereocenters. The van der Waals surface area contributed by atoms with Crippen LogP contribution in [-0.2, 0) is 4.79 Å². The summed E-state index contributed by atoms with van der Waals surface area (Å²) in [4.78, 5) is 10.7. The molecule has 1 aromatic carbocycles. The molecule has 1 aromatic rings. The molecule has 17 heavy (non-hydrogen) atoms. The third-order valence-corrected chi connectivity index (χ3v) is 3.06. The van der Waals surface area contributed by atoms with E-state index >= 15 is 0 Å². The van der Waals surface area contributed by atoms with Crippen molar-refractivity contribution in [2.45, 2.75) is 26.2 Å². The third-order valence-electron chi connectivity index (χ3n) is 2.16. The van der Waals surface area contributed by atoms with Gasteiger partial charge in [0.1, 0.15) is 17.3 Å². The fraction of sp³-hybridized carbons (Fsp3) is 0.417. The number of Topliss-reactive ketones (excluding diaryl/α,β-unsaturated/α-hetero) is 1. The second-order valence-electron chi connectivity index (χ2n) is 3.70. The van der Waals surface area contributed by atoms with Gasteiger partial charge in [-0.25, -0.2) is 4.39 Å². The summed E-state index contributed by atoms with van der Waals surface area (Å²) in [5.41, 5.74) is 0. The van der Waals surface area contributed by atoms with Gasteiger partial charge in [-0.05, 0) is 41.8 Å².